The average Bonchev–Trinajstić information content (AvgIpc) is 3.43. The van der Waals surface area contributed by atoms with E-state index < -0.39 is 0 Å². The zero-order chi connectivity index (χ0) is 17.6. The fourth-order valence-corrected chi connectivity index (χ4v) is 3.64. The van der Waals surface area contributed by atoms with Crippen LogP contribution in [0.1, 0.15) is 30.7 Å². The molecule has 2 aromatic rings. The highest BCUT2D eigenvalue weighted by molar-refractivity contribution is 9.10. The van der Waals surface area contributed by atoms with Crippen molar-refractivity contribution >= 4 is 27.5 Å². The monoisotopic (exact) mass is 400 g/mol. The number of carbonyl (C=O) groups excluding carboxylic acids is 1. The molecule has 0 bridgehead atoms. The minimum Gasteiger partial charge on any atom is -0.375 e. The maximum Gasteiger partial charge on any atom is 0.223 e. The average molecular weight is 401 g/mol. The molecule has 3 rings (SSSR count). The fraction of sp³-hybridized carbons (Fsp3) is 0.381. The number of amides is 1. The first-order valence-electron chi connectivity index (χ1n) is 8.94. The molecule has 0 radical (unpaired) electrons. The highest BCUT2D eigenvalue weighted by Gasteiger charge is 2.43. The van der Waals surface area contributed by atoms with Crippen LogP contribution in [0.3, 0.4) is 0 Å². The number of hydrogen-bond acceptors (Lipinski definition) is 2. The number of rotatable bonds is 8. The molecule has 1 fully saturated rings. The Morgan fingerprint density at radius 3 is 2.72 bits per heavy atom. The number of nitrogens with one attached hydrogen (secondary N) is 1. The molecule has 0 heterocycles. The number of para-hydroxylation sites is 1. The fourth-order valence-electron chi connectivity index (χ4n) is 3.22. The molecule has 1 saturated carbocycles. The van der Waals surface area contributed by atoms with E-state index in [1.807, 2.05) is 18.2 Å². The van der Waals surface area contributed by atoms with Gasteiger partial charge in [0.1, 0.15) is 0 Å². The molecule has 0 aliphatic heterocycles. The van der Waals surface area contributed by atoms with Crippen LogP contribution in [0.25, 0.3) is 0 Å². The minimum atomic E-state index is 0.154. The van der Waals surface area contributed by atoms with Crippen molar-refractivity contribution in [1.82, 2.24) is 5.32 Å². The molecule has 0 aromatic heterocycles. The molecule has 1 amide bonds. The predicted octanol–water partition coefficient (Wildman–Crippen LogP) is 4.59. The van der Waals surface area contributed by atoms with Gasteiger partial charge >= 0.3 is 0 Å². The van der Waals surface area contributed by atoms with Crippen LogP contribution in [0.5, 0.6) is 0 Å². The molecule has 1 aliphatic carbocycles. The molecule has 1 N–H and O–H groups in total. The molecule has 132 valence electrons. The first kappa shape index (κ1) is 18.0. The van der Waals surface area contributed by atoms with Gasteiger partial charge < -0.3 is 10.2 Å². The summed E-state index contributed by atoms with van der Waals surface area (Å²) in [5.41, 5.74) is 2.50. The highest BCUT2D eigenvalue weighted by atomic mass is 79.9. The molecule has 25 heavy (non-hydrogen) atoms. The van der Waals surface area contributed by atoms with Gasteiger partial charge in [-0.1, -0.05) is 46.3 Å². The summed E-state index contributed by atoms with van der Waals surface area (Å²) in [6, 6.07) is 18.7. The lowest BCUT2D eigenvalue weighted by atomic mass is 10.1. The molecular formula is C21H25BrN2O. The smallest absolute Gasteiger partial charge is 0.223 e. The molecule has 2 aromatic carbocycles. The maximum absolute atomic E-state index is 12.3. The Labute approximate surface area is 158 Å². The van der Waals surface area contributed by atoms with Crippen molar-refractivity contribution in [2.24, 2.45) is 5.92 Å². The van der Waals surface area contributed by atoms with E-state index >= 15 is 0 Å². The van der Waals surface area contributed by atoms with Gasteiger partial charge in [-0.3, -0.25) is 4.79 Å². The van der Waals surface area contributed by atoms with Crippen LogP contribution in [0.2, 0.25) is 0 Å². The summed E-state index contributed by atoms with van der Waals surface area (Å²) in [5, 5.41) is 3.10. The number of hydrogen-bond donors (Lipinski definition) is 1. The third-order valence-corrected chi connectivity index (χ3v) is 5.31. The Morgan fingerprint density at radius 1 is 1.16 bits per heavy atom. The van der Waals surface area contributed by atoms with Gasteiger partial charge in [0.25, 0.3) is 0 Å². The molecule has 0 spiro atoms. The molecule has 0 saturated heterocycles. The second-order valence-corrected chi connectivity index (χ2v) is 7.67. The largest absolute Gasteiger partial charge is 0.375 e. The van der Waals surface area contributed by atoms with E-state index in [9.17, 15) is 4.79 Å². The van der Waals surface area contributed by atoms with Crippen LogP contribution in [0.4, 0.5) is 5.69 Å². The lowest BCUT2D eigenvalue weighted by Crippen LogP contribution is -2.27. The zero-order valence-electron chi connectivity index (χ0n) is 14.6. The third kappa shape index (κ3) is 5.08. The van der Waals surface area contributed by atoms with E-state index in [0.717, 1.165) is 36.8 Å². The summed E-state index contributed by atoms with van der Waals surface area (Å²) in [6.45, 7) is 1.77. The van der Waals surface area contributed by atoms with E-state index in [0.29, 0.717) is 5.92 Å². The van der Waals surface area contributed by atoms with Crippen LogP contribution in [0.15, 0.2) is 59.1 Å². The number of unbranched alkanes of at least 4 members (excludes halogenated alkanes) is 1. The lowest BCUT2D eigenvalue weighted by molar-refractivity contribution is -0.122. The van der Waals surface area contributed by atoms with E-state index in [1.54, 1.807) is 0 Å². The molecule has 2 atom stereocenters. The highest BCUT2D eigenvalue weighted by Crippen LogP contribution is 2.47. The first-order valence-corrected chi connectivity index (χ1v) is 9.74. The minimum absolute atomic E-state index is 0.154. The lowest BCUT2D eigenvalue weighted by Gasteiger charge is -2.19. The quantitative estimate of drug-likeness (QED) is 0.657. The van der Waals surface area contributed by atoms with Gasteiger partial charge in [-0.2, -0.15) is 0 Å². The van der Waals surface area contributed by atoms with Crippen LogP contribution in [-0.2, 0) is 4.79 Å². The number of carbonyl (C=O) groups is 1. The van der Waals surface area contributed by atoms with Crippen molar-refractivity contribution in [1.29, 1.82) is 0 Å². The van der Waals surface area contributed by atoms with Crippen LogP contribution in [0, 0.1) is 5.92 Å². The normalized spacial score (nSPS) is 18.6. The van der Waals surface area contributed by atoms with Crippen molar-refractivity contribution in [2.45, 2.75) is 25.2 Å². The van der Waals surface area contributed by atoms with Crippen molar-refractivity contribution in [2.75, 3.05) is 25.0 Å². The molecule has 1 aliphatic rings. The van der Waals surface area contributed by atoms with E-state index in [1.165, 1.54) is 11.3 Å². The predicted molar refractivity (Wildman–Crippen MR) is 107 cm³/mol. The Hall–Kier alpha value is -1.81. The molecule has 2 unspecified atom stereocenters. The molecule has 4 heteroatoms. The summed E-state index contributed by atoms with van der Waals surface area (Å²) >= 11 is 3.50. The third-order valence-electron chi connectivity index (χ3n) is 4.82. The van der Waals surface area contributed by atoms with Gasteiger partial charge in [-0.05, 0) is 55.0 Å². The maximum atomic E-state index is 12.3. The van der Waals surface area contributed by atoms with Crippen molar-refractivity contribution in [3.05, 3.63) is 64.6 Å². The van der Waals surface area contributed by atoms with Crippen molar-refractivity contribution in [3.63, 3.8) is 0 Å². The van der Waals surface area contributed by atoms with Crippen LogP contribution >= 0.6 is 15.9 Å². The molecule has 3 nitrogen and oxygen atoms in total. The number of benzene rings is 2. The summed E-state index contributed by atoms with van der Waals surface area (Å²) in [4.78, 5) is 14.5. The van der Waals surface area contributed by atoms with Crippen LogP contribution < -0.4 is 10.2 Å². The van der Waals surface area contributed by atoms with Gasteiger partial charge in [-0.25, -0.2) is 0 Å². The number of halogens is 1. The van der Waals surface area contributed by atoms with Crippen LogP contribution in [-0.4, -0.2) is 26.0 Å². The van der Waals surface area contributed by atoms with Gasteiger partial charge in [0.2, 0.25) is 5.91 Å². The van der Waals surface area contributed by atoms with Gasteiger partial charge in [0.05, 0.1) is 0 Å². The summed E-state index contributed by atoms with van der Waals surface area (Å²) in [5.74, 6) is 0.754. The Balaban J connectivity index is 1.33. The van der Waals surface area contributed by atoms with Gasteiger partial charge in [-0.15, -0.1) is 0 Å². The number of anilines is 1. The second kappa shape index (κ2) is 8.52. The first-order chi connectivity index (χ1) is 12.1. The molecular weight excluding hydrogens is 376 g/mol. The van der Waals surface area contributed by atoms with Gasteiger partial charge in [0.15, 0.2) is 0 Å². The summed E-state index contributed by atoms with van der Waals surface area (Å²) < 4.78 is 1.08. The Kier molecular flexibility index (Phi) is 6.14. The Morgan fingerprint density at radius 2 is 1.96 bits per heavy atom. The van der Waals surface area contributed by atoms with E-state index in [2.05, 4.69) is 69.6 Å². The zero-order valence-corrected chi connectivity index (χ0v) is 16.2. The second-order valence-electron chi connectivity index (χ2n) is 6.76. The summed E-state index contributed by atoms with van der Waals surface area (Å²) in [6.07, 6.45) is 3.06. The van der Waals surface area contributed by atoms with Gasteiger partial charge in [0, 0.05) is 36.2 Å². The van der Waals surface area contributed by atoms with Crippen molar-refractivity contribution < 1.29 is 4.79 Å². The standard InChI is InChI=1S/C21H25BrN2O/c1-24(18-10-3-2-4-11-18)13-6-5-12-23-21(25)20-15-19(20)16-8-7-9-17(22)14-16/h2-4,7-11,14,19-20H,5-6,12-13,15H2,1H3,(H,23,25). The topological polar surface area (TPSA) is 32.3 Å². The summed E-state index contributed by atoms with van der Waals surface area (Å²) in [7, 11) is 2.11. The number of nitrogens with zero attached hydrogens (tertiary/aromatic N) is 1. The van der Waals surface area contributed by atoms with E-state index in [4.69, 9.17) is 0 Å². The van der Waals surface area contributed by atoms with Crippen molar-refractivity contribution in [3.8, 4) is 0 Å². The SMILES string of the molecule is CN(CCCCNC(=O)C1CC1c1cccc(Br)c1)c1ccccc1. The Bertz CT molecular complexity index is 704. The van der Waals surface area contributed by atoms with E-state index in [-0.39, 0.29) is 11.8 Å².